The van der Waals surface area contributed by atoms with Crippen LogP contribution < -0.4 is 4.72 Å². The fraction of sp³-hybridized carbons (Fsp3) is 0. The highest BCUT2D eigenvalue weighted by Gasteiger charge is 2.14. The number of halogens is 1. The highest BCUT2D eigenvalue weighted by Crippen LogP contribution is 2.18. The smallest absolute Gasteiger partial charge is 0.263 e. The molecule has 94 valence electrons. The van der Waals surface area contributed by atoms with Gasteiger partial charge in [-0.15, -0.1) is 0 Å². The third-order valence-corrected chi connectivity index (χ3v) is 3.71. The molecule has 0 aliphatic heterocycles. The molecule has 18 heavy (non-hydrogen) atoms. The summed E-state index contributed by atoms with van der Waals surface area (Å²) in [5.74, 6) is 0.172. The Morgan fingerprint density at radius 3 is 2.33 bits per heavy atom. The van der Waals surface area contributed by atoms with Crippen molar-refractivity contribution in [1.29, 1.82) is 0 Å². The van der Waals surface area contributed by atoms with Gasteiger partial charge in [0, 0.05) is 6.20 Å². The zero-order valence-electron chi connectivity index (χ0n) is 9.04. The van der Waals surface area contributed by atoms with Gasteiger partial charge in [0.05, 0.1) is 9.92 Å². The Morgan fingerprint density at radius 1 is 1.11 bits per heavy atom. The first-order valence-electron chi connectivity index (χ1n) is 4.91. The van der Waals surface area contributed by atoms with Crippen molar-refractivity contribution in [3.63, 3.8) is 0 Å². The van der Waals surface area contributed by atoms with Crippen LogP contribution in [0.4, 0.5) is 5.82 Å². The second-order valence-corrected chi connectivity index (χ2v) is 5.58. The topological polar surface area (TPSA) is 79.3 Å². The van der Waals surface area contributed by atoms with Gasteiger partial charge in [-0.25, -0.2) is 13.4 Å². The lowest BCUT2D eigenvalue weighted by molar-refractivity contribution is 0.475. The summed E-state index contributed by atoms with van der Waals surface area (Å²) in [6, 6.07) is 8.18. The van der Waals surface area contributed by atoms with Crippen LogP contribution in [0.25, 0.3) is 0 Å². The lowest BCUT2D eigenvalue weighted by Gasteiger charge is -2.07. The lowest BCUT2D eigenvalue weighted by Crippen LogP contribution is -2.13. The third kappa shape index (κ3) is 2.91. The van der Waals surface area contributed by atoms with Crippen molar-refractivity contribution in [2.45, 2.75) is 4.90 Å². The SMILES string of the molecule is O=S(=O)(Nc1ccc(Cl)cn1)c1ccc(O)cc1. The lowest BCUT2D eigenvalue weighted by atomic mass is 10.3. The molecule has 1 aromatic carbocycles. The number of phenols is 1. The first kappa shape index (κ1) is 12.7. The number of nitrogens with zero attached hydrogens (tertiary/aromatic N) is 1. The van der Waals surface area contributed by atoms with Crippen molar-refractivity contribution in [3.8, 4) is 5.75 Å². The molecule has 0 spiro atoms. The quantitative estimate of drug-likeness (QED) is 0.906. The zero-order valence-corrected chi connectivity index (χ0v) is 10.6. The molecule has 0 saturated heterocycles. The average molecular weight is 285 g/mol. The fourth-order valence-electron chi connectivity index (χ4n) is 1.26. The maximum atomic E-state index is 11.9. The van der Waals surface area contributed by atoms with Crippen molar-refractivity contribution in [2.24, 2.45) is 0 Å². The number of aromatic hydroxyl groups is 1. The molecule has 0 atom stereocenters. The van der Waals surface area contributed by atoms with Crippen LogP contribution in [0.3, 0.4) is 0 Å². The molecule has 0 aliphatic carbocycles. The molecule has 5 nitrogen and oxygen atoms in total. The minimum Gasteiger partial charge on any atom is -0.508 e. The molecule has 1 aromatic heterocycles. The normalized spacial score (nSPS) is 11.2. The van der Waals surface area contributed by atoms with Gasteiger partial charge in [-0.3, -0.25) is 4.72 Å². The third-order valence-electron chi connectivity index (χ3n) is 2.11. The molecule has 2 rings (SSSR count). The maximum Gasteiger partial charge on any atom is 0.263 e. The molecule has 0 amide bonds. The molecule has 0 unspecified atom stereocenters. The monoisotopic (exact) mass is 284 g/mol. The Hall–Kier alpha value is -1.79. The fourth-order valence-corrected chi connectivity index (χ4v) is 2.38. The van der Waals surface area contributed by atoms with Gasteiger partial charge in [0.25, 0.3) is 10.0 Å². The van der Waals surface area contributed by atoms with Crippen molar-refractivity contribution >= 4 is 27.4 Å². The van der Waals surface area contributed by atoms with E-state index in [1.807, 2.05) is 0 Å². The number of rotatable bonds is 3. The average Bonchev–Trinajstić information content (AvgIpc) is 2.32. The van der Waals surface area contributed by atoms with Crippen molar-refractivity contribution in [2.75, 3.05) is 4.72 Å². The zero-order chi connectivity index (χ0) is 13.2. The Bertz CT molecular complexity index is 639. The molecule has 0 fully saturated rings. The Balaban J connectivity index is 2.27. The van der Waals surface area contributed by atoms with E-state index in [0.717, 1.165) is 0 Å². The highest BCUT2D eigenvalue weighted by molar-refractivity contribution is 7.92. The molecule has 0 aliphatic rings. The van der Waals surface area contributed by atoms with Gasteiger partial charge in [0.2, 0.25) is 0 Å². The van der Waals surface area contributed by atoms with Crippen LogP contribution in [-0.4, -0.2) is 18.5 Å². The first-order chi connectivity index (χ1) is 8.47. The van der Waals surface area contributed by atoms with Crippen LogP contribution in [0, 0.1) is 0 Å². The van der Waals surface area contributed by atoms with E-state index in [4.69, 9.17) is 16.7 Å². The van der Waals surface area contributed by atoms with E-state index >= 15 is 0 Å². The Morgan fingerprint density at radius 2 is 1.78 bits per heavy atom. The van der Waals surface area contributed by atoms with Crippen LogP contribution in [-0.2, 0) is 10.0 Å². The number of phenolic OH excluding ortho intramolecular Hbond substituents is 1. The molecule has 0 saturated carbocycles. The van der Waals surface area contributed by atoms with E-state index in [2.05, 4.69) is 9.71 Å². The van der Waals surface area contributed by atoms with E-state index in [9.17, 15) is 8.42 Å². The maximum absolute atomic E-state index is 11.9. The molecule has 2 aromatic rings. The molecular formula is C11H9ClN2O3S. The largest absolute Gasteiger partial charge is 0.508 e. The van der Waals surface area contributed by atoms with Gasteiger partial charge >= 0.3 is 0 Å². The first-order valence-corrected chi connectivity index (χ1v) is 6.77. The predicted octanol–water partition coefficient (Wildman–Crippen LogP) is 2.24. The summed E-state index contributed by atoms with van der Waals surface area (Å²) in [7, 11) is -3.71. The molecule has 0 radical (unpaired) electrons. The van der Waals surface area contributed by atoms with Crippen LogP contribution >= 0.6 is 11.6 Å². The van der Waals surface area contributed by atoms with E-state index in [-0.39, 0.29) is 16.5 Å². The highest BCUT2D eigenvalue weighted by atomic mass is 35.5. The summed E-state index contributed by atoms with van der Waals surface area (Å²) in [5, 5.41) is 9.52. The number of benzene rings is 1. The van der Waals surface area contributed by atoms with Crippen molar-refractivity contribution < 1.29 is 13.5 Å². The van der Waals surface area contributed by atoms with Gasteiger partial charge in [-0.05, 0) is 36.4 Å². The molecule has 0 bridgehead atoms. The van der Waals surface area contributed by atoms with E-state index < -0.39 is 10.0 Å². The molecule has 2 N–H and O–H groups in total. The second kappa shape index (κ2) is 4.83. The summed E-state index contributed by atoms with van der Waals surface area (Å²) >= 11 is 5.65. The van der Waals surface area contributed by atoms with Gasteiger partial charge in [0.15, 0.2) is 0 Å². The van der Waals surface area contributed by atoms with Crippen molar-refractivity contribution in [1.82, 2.24) is 4.98 Å². The van der Waals surface area contributed by atoms with Crippen LogP contribution in [0.5, 0.6) is 5.75 Å². The summed E-state index contributed by atoms with van der Waals surface area (Å²) in [5.41, 5.74) is 0. The molecule has 1 heterocycles. The Kier molecular flexibility index (Phi) is 3.40. The molecular weight excluding hydrogens is 276 g/mol. The minimum absolute atomic E-state index is 0.00133. The standard InChI is InChI=1S/C11H9ClN2O3S/c12-8-1-6-11(13-7-8)14-18(16,17)10-4-2-9(15)3-5-10/h1-7,15H,(H,13,14). The van der Waals surface area contributed by atoms with Gasteiger partial charge in [-0.2, -0.15) is 0 Å². The summed E-state index contributed by atoms with van der Waals surface area (Å²) in [4.78, 5) is 3.87. The van der Waals surface area contributed by atoms with Crippen LogP contribution in [0.1, 0.15) is 0 Å². The number of pyridine rings is 1. The predicted molar refractivity (Wildman–Crippen MR) is 68.2 cm³/mol. The van der Waals surface area contributed by atoms with E-state index in [1.165, 1.54) is 42.6 Å². The Labute approximate surface area is 109 Å². The number of nitrogens with one attached hydrogen (secondary N) is 1. The number of sulfonamides is 1. The molecule has 7 heteroatoms. The summed E-state index contributed by atoms with van der Waals surface area (Å²) in [6.45, 7) is 0. The van der Waals surface area contributed by atoms with Gasteiger partial charge < -0.3 is 5.11 Å². The van der Waals surface area contributed by atoms with E-state index in [0.29, 0.717) is 5.02 Å². The number of anilines is 1. The van der Waals surface area contributed by atoms with Crippen LogP contribution in [0.15, 0.2) is 47.5 Å². The van der Waals surface area contributed by atoms with E-state index in [1.54, 1.807) is 0 Å². The number of hydrogen-bond donors (Lipinski definition) is 2. The van der Waals surface area contributed by atoms with Gasteiger partial charge in [-0.1, -0.05) is 11.6 Å². The second-order valence-electron chi connectivity index (χ2n) is 3.46. The number of hydrogen-bond acceptors (Lipinski definition) is 4. The van der Waals surface area contributed by atoms with Gasteiger partial charge in [0.1, 0.15) is 11.6 Å². The van der Waals surface area contributed by atoms with Crippen molar-refractivity contribution in [3.05, 3.63) is 47.6 Å². The summed E-state index contributed by atoms with van der Waals surface area (Å²) in [6.07, 6.45) is 1.34. The minimum atomic E-state index is -3.71. The number of aromatic nitrogens is 1. The van der Waals surface area contributed by atoms with Crippen LogP contribution in [0.2, 0.25) is 5.02 Å². The summed E-state index contributed by atoms with van der Waals surface area (Å²) < 4.78 is 26.2.